The normalized spacial score (nSPS) is 18.2. The average molecular weight is 440 g/mol. The second kappa shape index (κ2) is 8.55. The number of nitrogens with one attached hydrogen (secondary N) is 1. The van der Waals surface area contributed by atoms with E-state index < -0.39 is 28.6 Å². The minimum atomic E-state index is -0.976. The number of morpholine rings is 1. The van der Waals surface area contributed by atoms with Gasteiger partial charge in [0.2, 0.25) is 0 Å². The van der Waals surface area contributed by atoms with Crippen molar-refractivity contribution in [2.75, 3.05) is 36.1 Å². The first-order valence-electron chi connectivity index (χ1n) is 9.63. The van der Waals surface area contributed by atoms with E-state index in [1.807, 2.05) is 4.90 Å². The molecule has 0 unspecified atom stereocenters. The van der Waals surface area contributed by atoms with Crippen LogP contribution in [-0.2, 0) is 14.3 Å². The molecule has 11 heteroatoms. The number of carbonyl (C=O) groups excluding carboxylic acids is 3. The summed E-state index contributed by atoms with van der Waals surface area (Å²) in [6.45, 7) is 1.96. The molecule has 4 rings (SSSR count). The zero-order chi connectivity index (χ0) is 22.8. The van der Waals surface area contributed by atoms with Crippen LogP contribution >= 0.6 is 0 Å². The van der Waals surface area contributed by atoms with Gasteiger partial charge in [-0.1, -0.05) is 0 Å². The zero-order valence-electron chi connectivity index (χ0n) is 16.6. The van der Waals surface area contributed by atoms with Gasteiger partial charge in [-0.15, -0.1) is 0 Å². The van der Waals surface area contributed by atoms with Crippen LogP contribution in [0.4, 0.5) is 26.2 Å². The van der Waals surface area contributed by atoms with Gasteiger partial charge in [-0.05, 0) is 36.4 Å². The zero-order valence-corrected chi connectivity index (χ0v) is 16.6. The van der Waals surface area contributed by atoms with Crippen molar-refractivity contribution in [3.05, 3.63) is 69.5 Å². The maximum absolute atomic E-state index is 13.3. The number of hydrogen-bond acceptors (Lipinski definition) is 7. The average Bonchev–Trinajstić information content (AvgIpc) is 2.78. The van der Waals surface area contributed by atoms with Crippen molar-refractivity contribution in [2.24, 2.45) is 0 Å². The third-order valence-electron chi connectivity index (χ3n) is 5.06. The summed E-state index contributed by atoms with van der Waals surface area (Å²) in [4.78, 5) is 51.2. The molecular formula is C21H17FN4O6. The Balaban J connectivity index is 1.78. The molecule has 2 fully saturated rings. The van der Waals surface area contributed by atoms with Crippen LogP contribution in [0.3, 0.4) is 0 Å². The fraction of sp³-hybridized carbons (Fsp3) is 0.190. The number of urea groups is 1. The predicted octanol–water partition coefficient (Wildman–Crippen LogP) is 2.24. The van der Waals surface area contributed by atoms with Crippen LogP contribution in [0.2, 0.25) is 0 Å². The Labute approximate surface area is 181 Å². The van der Waals surface area contributed by atoms with Crippen LogP contribution in [0.1, 0.15) is 5.56 Å². The fourth-order valence-electron chi connectivity index (χ4n) is 3.50. The molecule has 2 aliphatic rings. The smallest absolute Gasteiger partial charge is 0.335 e. The van der Waals surface area contributed by atoms with Crippen LogP contribution < -0.4 is 15.1 Å². The van der Waals surface area contributed by atoms with E-state index in [2.05, 4.69) is 5.32 Å². The monoisotopic (exact) mass is 440 g/mol. The first-order valence-corrected chi connectivity index (χ1v) is 9.63. The van der Waals surface area contributed by atoms with E-state index in [1.165, 1.54) is 30.3 Å². The van der Waals surface area contributed by atoms with E-state index in [0.29, 0.717) is 36.9 Å². The Morgan fingerprint density at radius 1 is 1.06 bits per heavy atom. The van der Waals surface area contributed by atoms with Crippen LogP contribution in [0, 0.1) is 15.9 Å². The molecule has 2 aliphatic heterocycles. The highest BCUT2D eigenvalue weighted by Crippen LogP contribution is 2.30. The highest BCUT2D eigenvalue weighted by Gasteiger charge is 2.37. The summed E-state index contributed by atoms with van der Waals surface area (Å²) in [5, 5.41) is 13.4. The van der Waals surface area contributed by atoms with Crippen LogP contribution in [0.25, 0.3) is 6.08 Å². The van der Waals surface area contributed by atoms with E-state index in [4.69, 9.17) is 4.74 Å². The minimum absolute atomic E-state index is 0.0692. The summed E-state index contributed by atoms with van der Waals surface area (Å²) in [7, 11) is 0. The molecule has 10 nitrogen and oxygen atoms in total. The van der Waals surface area contributed by atoms with Gasteiger partial charge in [0.15, 0.2) is 0 Å². The number of barbiturate groups is 1. The lowest BCUT2D eigenvalue weighted by atomic mass is 10.0. The Kier molecular flexibility index (Phi) is 5.65. The largest absolute Gasteiger partial charge is 0.378 e. The van der Waals surface area contributed by atoms with Gasteiger partial charge in [-0.25, -0.2) is 14.1 Å². The molecule has 164 valence electrons. The molecule has 2 saturated heterocycles. The van der Waals surface area contributed by atoms with Gasteiger partial charge in [0, 0.05) is 36.5 Å². The molecule has 32 heavy (non-hydrogen) atoms. The van der Waals surface area contributed by atoms with Crippen molar-refractivity contribution >= 4 is 41.0 Å². The molecule has 0 saturated carbocycles. The highest BCUT2D eigenvalue weighted by atomic mass is 19.1. The Bertz CT molecular complexity index is 1140. The van der Waals surface area contributed by atoms with E-state index in [0.717, 1.165) is 12.1 Å². The first-order chi connectivity index (χ1) is 15.3. The number of rotatable bonds is 4. The van der Waals surface area contributed by atoms with Gasteiger partial charge in [-0.2, -0.15) is 0 Å². The van der Waals surface area contributed by atoms with Gasteiger partial charge < -0.3 is 9.64 Å². The number of carbonyl (C=O) groups is 3. The standard InChI is InChI=1S/C21H17FN4O6/c22-14-1-3-15(4-2-14)25-20(28)17(19(27)23-21(25)29)12-13-11-16(26(30)31)5-6-18(13)24-7-9-32-10-8-24/h1-6,11-12H,7-10H2,(H,23,27,29)/b17-12-. The van der Waals surface area contributed by atoms with E-state index in [1.54, 1.807) is 6.07 Å². The maximum Gasteiger partial charge on any atom is 0.335 e. The summed E-state index contributed by atoms with van der Waals surface area (Å²) in [6, 6.07) is 7.78. The number of benzene rings is 2. The van der Waals surface area contributed by atoms with Crippen molar-refractivity contribution < 1.29 is 28.4 Å². The van der Waals surface area contributed by atoms with Crippen LogP contribution in [0.5, 0.6) is 0 Å². The molecule has 0 aliphatic carbocycles. The summed E-state index contributed by atoms with van der Waals surface area (Å²) in [5.74, 6) is -2.42. The van der Waals surface area contributed by atoms with Gasteiger partial charge in [0.1, 0.15) is 11.4 Å². The molecule has 2 heterocycles. The molecule has 0 radical (unpaired) electrons. The number of halogens is 1. The van der Waals surface area contributed by atoms with E-state index >= 15 is 0 Å². The molecule has 0 aromatic heterocycles. The predicted molar refractivity (Wildman–Crippen MR) is 112 cm³/mol. The number of non-ortho nitro benzene ring substituents is 1. The minimum Gasteiger partial charge on any atom is -0.378 e. The quantitative estimate of drug-likeness (QED) is 0.335. The SMILES string of the molecule is O=C1NC(=O)N(c2ccc(F)cc2)C(=O)/C1=C\c1cc([N+](=O)[O-])ccc1N1CCOCC1. The summed E-state index contributed by atoms with van der Waals surface area (Å²) < 4.78 is 18.6. The van der Waals surface area contributed by atoms with Crippen LogP contribution in [0.15, 0.2) is 48.0 Å². The van der Waals surface area contributed by atoms with E-state index in [-0.39, 0.29) is 22.5 Å². The molecular weight excluding hydrogens is 423 g/mol. The number of ether oxygens (including phenoxy) is 1. The number of hydrogen-bond donors (Lipinski definition) is 1. The summed E-state index contributed by atoms with van der Waals surface area (Å²) >= 11 is 0. The van der Waals surface area contributed by atoms with Crippen molar-refractivity contribution in [3.63, 3.8) is 0 Å². The fourth-order valence-corrected chi connectivity index (χ4v) is 3.50. The number of anilines is 2. The van der Waals surface area contributed by atoms with Crippen molar-refractivity contribution in [1.82, 2.24) is 5.32 Å². The molecule has 0 atom stereocenters. The van der Waals surface area contributed by atoms with Gasteiger partial charge in [0.05, 0.1) is 23.8 Å². The number of nitrogens with zero attached hydrogens (tertiary/aromatic N) is 3. The highest BCUT2D eigenvalue weighted by molar-refractivity contribution is 6.39. The number of imide groups is 2. The van der Waals surface area contributed by atoms with Gasteiger partial charge in [0.25, 0.3) is 17.5 Å². The number of amides is 4. The molecule has 2 aromatic carbocycles. The Hall–Kier alpha value is -4.12. The third-order valence-corrected chi connectivity index (χ3v) is 5.06. The molecule has 0 bridgehead atoms. The Morgan fingerprint density at radius 2 is 1.75 bits per heavy atom. The lowest BCUT2D eigenvalue weighted by Crippen LogP contribution is -2.54. The second-order valence-electron chi connectivity index (χ2n) is 7.03. The Morgan fingerprint density at radius 3 is 2.41 bits per heavy atom. The van der Waals surface area contributed by atoms with Crippen molar-refractivity contribution in [2.45, 2.75) is 0 Å². The molecule has 2 aromatic rings. The third kappa shape index (κ3) is 4.05. The lowest BCUT2D eigenvalue weighted by molar-refractivity contribution is -0.384. The van der Waals surface area contributed by atoms with Gasteiger partial charge in [-0.3, -0.25) is 25.0 Å². The van der Waals surface area contributed by atoms with Crippen molar-refractivity contribution in [3.8, 4) is 0 Å². The molecule has 1 N–H and O–H groups in total. The van der Waals surface area contributed by atoms with Crippen LogP contribution in [-0.4, -0.2) is 49.1 Å². The van der Waals surface area contributed by atoms with E-state index in [9.17, 15) is 28.9 Å². The topological polar surface area (TPSA) is 122 Å². The lowest BCUT2D eigenvalue weighted by Gasteiger charge is -2.30. The molecule has 4 amide bonds. The number of nitro groups is 1. The summed E-state index contributed by atoms with van der Waals surface area (Å²) in [6.07, 6.45) is 1.22. The second-order valence-corrected chi connectivity index (χ2v) is 7.03. The van der Waals surface area contributed by atoms with Crippen molar-refractivity contribution in [1.29, 1.82) is 0 Å². The molecule has 0 spiro atoms. The summed E-state index contributed by atoms with van der Waals surface area (Å²) in [5.41, 5.74) is 0.318. The van der Waals surface area contributed by atoms with Gasteiger partial charge >= 0.3 is 6.03 Å². The number of nitro benzene ring substituents is 1. The first kappa shape index (κ1) is 21.1. The maximum atomic E-state index is 13.3.